The minimum absolute atomic E-state index is 0.0123. The van der Waals surface area contributed by atoms with Crippen LogP contribution < -0.4 is 5.32 Å². The molecule has 0 saturated carbocycles. The van der Waals surface area contributed by atoms with E-state index < -0.39 is 0 Å². The summed E-state index contributed by atoms with van der Waals surface area (Å²) >= 11 is 5.26. The van der Waals surface area contributed by atoms with Gasteiger partial charge in [0, 0.05) is 40.8 Å². The maximum Gasteiger partial charge on any atom is 0.243 e. The van der Waals surface area contributed by atoms with E-state index in [9.17, 15) is 4.79 Å². The van der Waals surface area contributed by atoms with Crippen molar-refractivity contribution in [2.45, 2.75) is 12.6 Å². The predicted octanol–water partition coefficient (Wildman–Crippen LogP) is 1.71. The standard InChI is InChI=1S/C11H12BrN3OS/c12-8-3-7-5-15-1-2-17-6-9(15)11(16)14-10(7)13-4-8/h3-4,9H,1-2,5-6H2,(H,13,14,16). The number of anilines is 1. The summed E-state index contributed by atoms with van der Waals surface area (Å²) in [5.41, 5.74) is 1.09. The van der Waals surface area contributed by atoms with Gasteiger partial charge in [0.05, 0.1) is 6.04 Å². The number of carbonyl (C=O) groups excluding carboxylic acids is 1. The van der Waals surface area contributed by atoms with Crippen molar-refractivity contribution < 1.29 is 4.79 Å². The van der Waals surface area contributed by atoms with Gasteiger partial charge in [-0.15, -0.1) is 0 Å². The number of amides is 1. The highest BCUT2D eigenvalue weighted by atomic mass is 79.9. The lowest BCUT2D eigenvalue weighted by atomic mass is 10.2. The van der Waals surface area contributed by atoms with Gasteiger partial charge in [0.1, 0.15) is 5.82 Å². The molecule has 1 amide bonds. The van der Waals surface area contributed by atoms with Gasteiger partial charge in [-0.05, 0) is 22.0 Å². The first-order valence-corrected chi connectivity index (χ1v) is 7.46. The van der Waals surface area contributed by atoms with Crippen molar-refractivity contribution >= 4 is 39.4 Å². The fourth-order valence-corrected chi connectivity index (χ4v) is 3.70. The molecule has 0 spiro atoms. The van der Waals surface area contributed by atoms with Gasteiger partial charge in [0.2, 0.25) is 5.91 Å². The second kappa shape index (κ2) is 4.59. The predicted molar refractivity (Wildman–Crippen MR) is 72.1 cm³/mol. The molecule has 1 unspecified atom stereocenters. The summed E-state index contributed by atoms with van der Waals surface area (Å²) in [6.45, 7) is 1.76. The summed E-state index contributed by atoms with van der Waals surface area (Å²) in [5.74, 6) is 2.75. The Bertz CT molecular complexity index is 468. The molecule has 90 valence electrons. The lowest BCUT2D eigenvalue weighted by Crippen LogP contribution is -2.47. The van der Waals surface area contributed by atoms with Crippen LogP contribution in [0.3, 0.4) is 0 Å². The van der Waals surface area contributed by atoms with Crippen LogP contribution in [0.4, 0.5) is 5.82 Å². The van der Waals surface area contributed by atoms with Crippen LogP contribution in [0.25, 0.3) is 0 Å². The lowest BCUT2D eigenvalue weighted by Gasteiger charge is -2.31. The molecule has 1 aromatic heterocycles. The molecule has 1 N–H and O–H groups in total. The van der Waals surface area contributed by atoms with Crippen LogP contribution in [0.5, 0.6) is 0 Å². The van der Waals surface area contributed by atoms with Crippen molar-refractivity contribution in [2.24, 2.45) is 0 Å². The highest BCUT2D eigenvalue weighted by molar-refractivity contribution is 9.10. The van der Waals surface area contributed by atoms with Crippen LogP contribution in [-0.2, 0) is 11.3 Å². The quantitative estimate of drug-likeness (QED) is 0.792. The number of hydrogen-bond acceptors (Lipinski definition) is 4. The third kappa shape index (κ3) is 2.21. The van der Waals surface area contributed by atoms with Crippen molar-refractivity contribution in [3.63, 3.8) is 0 Å². The van der Waals surface area contributed by atoms with E-state index in [-0.39, 0.29) is 11.9 Å². The average molecular weight is 314 g/mol. The number of nitrogens with zero attached hydrogens (tertiary/aromatic N) is 2. The number of carbonyl (C=O) groups is 1. The van der Waals surface area contributed by atoms with Gasteiger partial charge in [0.25, 0.3) is 0 Å². The third-order valence-electron chi connectivity index (χ3n) is 3.09. The second-order valence-corrected chi connectivity index (χ2v) is 6.28. The zero-order chi connectivity index (χ0) is 11.8. The Balaban J connectivity index is 1.98. The van der Waals surface area contributed by atoms with E-state index in [0.717, 1.165) is 34.6 Å². The maximum absolute atomic E-state index is 12.1. The first-order valence-electron chi connectivity index (χ1n) is 5.51. The molecule has 17 heavy (non-hydrogen) atoms. The number of thioether (sulfide) groups is 1. The van der Waals surface area contributed by atoms with E-state index in [4.69, 9.17) is 0 Å². The summed E-state index contributed by atoms with van der Waals surface area (Å²) < 4.78 is 0.954. The molecule has 0 aromatic carbocycles. The van der Waals surface area contributed by atoms with Gasteiger partial charge in [0.15, 0.2) is 0 Å². The summed E-state index contributed by atoms with van der Waals surface area (Å²) in [6, 6.07) is 2.02. The first-order chi connectivity index (χ1) is 8.24. The first kappa shape index (κ1) is 11.5. The topological polar surface area (TPSA) is 45.2 Å². The summed E-state index contributed by atoms with van der Waals surface area (Å²) in [5, 5.41) is 2.92. The number of aromatic nitrogens is 1. The molecule has 3 heterocycles. The molecule has 4 nitrogen and oxygen atoms in total. The smallest absolute Gasteiger partial charge is 0.243 e. The molecule has 3 rings (SSSR count). The van der Waals surface area contributed by atoms with E-state index in [1.165, 1.54) is 0 Å². The van der Waals surface area contributed by atoms with E-state index in [1.54, 1.807) is 6.20 Å². The molecule has 0 bridgehead atoms. The molecule has 2 aliphatic rings. The van der Waals surface area contributed by atoms with E-state index in [1.807, 2.05) is 17.8 Å². The Morgan fingerprint density at radius 2 is 2.47 bits per heavy atom. The van der Waals surface area contributed by atoms with Crippen LogP contribution in [0.15, 0.2) is 16.7 Å². The van der Waals surface area contributed by atoms with E-state index >= 15 is 0 Å². The van der Waals surface area contributed by atoms with Gasteiger partial charge in [-0.3, -0.25) is 9.69 Å². The number of hydrogen-bond donors (Lipinski definition) is 1. The van der Waals surface area contributed by atoms with Crippen LogP contribution in [0, 0.1) is 0 Å². The lowest BCUT2D eigenvalue weighted by molar-refractivity contribution is -0.120. The maximum atomic E-state index is 12.1. The molecular weight excluding hydrogens is 302 g/mol. The van der Waals surface area contributed by atoms with E-state index in [2.05, 4.69) is 31.1 Å². The normalized spacial score (nSPS) is 24.5. The molecule has 2 aliphatic heterocycles. The van der Waals surface area contributed by atoms with Crippen molar-refractivity contribution in [3.8, 4) is 0 Å². The SMILES string of the molecule is O=C1Nc2ncc(Br)cc2CN2CCSCC12. The number of fused-ring (bicyclic) bond motifs is 2. The molecule has 1 aromatic rings. The monoisotopic (exact) mass is 313 g/mol. The molecule has 1 atom stereocenters. The molecule has 1 saturated heterocycles. The second-order valence-electron chi connectivity index (χ2n) is 4.21. The summed E-state index contributed by atoms with van der Waals surface area (Å²) in [4.78, 5) is 18.6. The zero-order valence-corrected chi connectivity index (χ0v) is 11.6. The van der Waals surface area contributed by atoms with Gasteiger partial charge in [-0.2, -0.15) is 11.8 Å². The van der Waals surface area contributed by atoms with Gasteiger partial charge in [-0.25, -0.2) is 4.98 Å². The molecule has 0 radical (unpaired) electrons. The Labute approximate surface area is 112 Å². The van der Waals surface area contributed by atoms with Crippen LogP contribution >= 0.6 is 27.7 Å². The van der Waals surface area contributed by atoms with Crippen LogP contribution in [0.1, 0.15) is 5.56 Å². The van der Waals surface area contributed by atoms with Crippen molar-refractivity contribution in [2.75, 3.05) is 23.4 Å². The van der Waals surface area contributed by atoms with Gasteiger partial charge < -0.3 is 5.32 Å². The number of nitrogens with one attached hydrogen (secondary N) is 1. The zero-order valence-electron chi connectivity index (χ0n) is 9.15. The Morgan fingerprint density at radius 1 is 1.59 bits per heavy atom. The minimum Gasteiger partial charge on any atom is -0.309 e. The van der Waals surface area contributed by atoms with E-state index in [0.29, 0.717) is 5.82 Å². The average Bonchev–Trinajstić information content (AvgIpc) is 2.46. The third-order valence-corrected chi connectivity index (χ3v) is 4.55. The Morgan fingerprint density at radius 3 is 3.35 bits per heavy atom. The highest BCUT2D eigenvalue weighted by Gasteiger charge is 2.32. The molecule has 1 fully saturated rings. The number of rotatable bonds is 0. The number of halogens is 1. The molecule has 6 heteroatoms. The minimum atomic E-state index is -0.0123. The fraction of sp³-hybridized carbons (Fsp3) is 0.455. The summed E-state index contributed by atoms with van der Waals surface area (Å²) in [7, 11) is 0. The Hall–Kier alpha value is -0.590. The Kier molecular flexibility index (Phi) is 3.10. The molecular formula is C11H12BrN3OS. The van der Waals surface area contributed by atoms with Crippen molar-refractivity contribution in [3.05, 3.63) is 22.3 Å². The highest BCUT2D eigenvalue weighted by Crippen LogP contribution is 2.27. The summed E-state index contributed by atoms with van der Waals surface area (Å²) in [6.07, 6.45) is 1.72. The van der Waals surface area contributed by atoms with Crippen molar-refractivity contribution in [1.82, 2.24) is 9.88 Å². The largest absolute Gasteiger partial charge is 0.309 e. The van der Waals surface area contributed by atoms with Gasteiger partial charge in [-0.1, -0.05) is 0 Å². The fourth-order valence-electron chi connectivity index (χ4n) is 2.20. The van der Waals surface area contributed by atoms with Crippen LogP contribution in [-0.4, -0.2) is 39.9 Å². The number of pyridine rings is 1. The van der Waals surface area contributed by atoms with Gasteiger partial charge >= 0.3 is 0 Å². The van der Waals surface area contributed by atoms with Crippen LogP contribution in [0.2, 0.25) is 0 Å². The molecule has 0 aliphatic carbocycles. The van der Waals surface area contributed by atoms with Crippen molar-refractivity contribution in [1.29, 1.82) is 0 Å².